The summed E-state index contributed by atoms with van der Waals surface area (Å²) in [4.78, 5) is 27.4. The minimum atomic E-state index is -0.00173. The maximum atomic E-state index is 12.8. The predicted octanol–water partition coefficient (Wildman–Crippen LogP) is 4.24. The number of ether oxygens (including phenoxy) is 2. The molecule has 6 heteroatoms. The van der Waals surface area contributed by atoms with Crippen LogP contribution in [0.25, 0.3) is 0 Å². The standard InChI is InChI=1S/C24H34N2O4/c1-29-18-6-7-20(21(15-18)30-2)25-22(27)8-5-17-9-13-26(14-10-17)23(28)19-16-24(19)11-3-4-12-24/h6-7,15,17,19H,3-5,8-14,16H2,1-2H3,(H,25,27)/t19-/m0/s1. The Morgan fingerprint density at radius 2 is 1.87 bits per heavy atom. The molecule has 0 unspecified atom stereocenters. The molecular weight excluding hydrogens is 380 g/mol. The van der Waals surface area contributed by atoms with Gasteiger partial charge in [-0.2, -0.15) is 0 Å². The third kappa shape index (κ3) is 4.42. The van der Waals surface area contributed by atoms with E-state index in [9.17, 15) is 9.59 Å². The quantitative estimate of drug-likeness (QED) is 0.725. The second-order valence-corrected chi connectivity index (χ2v) is 9.25. The van der Waals surface area contributed by atoms with Crippen molar-refractivity contribution in [3.05, 3.63) is 18.2 Å². The number of hydrogen-bond donors (Lipinski definition) is 1. The molecule has 0 radical (unpaired) electrons. The first-order valence-electron chi connectivity index (χ1n) is 11.4. The van der Waals surface area contributed by atoms with Crippen LogP contribution >= 0.6 is 0 Å². The fourth-order valence-corrected chi connectivity index (χ4v) is 5.44. The van der Waals surface area contributed by atoms with Crippen LogP contribution in [0.3, 0.4) is 0 Å². The van der Waals surface area contributed by atoms with Crippen molar-refractivity contribution in [1.29, 1.82) is 0 Å². The SMILES string of the molecule is COc1ccc(NC(=O)CCC2CCN(C(=O)[C@@H]3CC34CCCC4)CC2)c(OC)c1. The normalized spacial score (nSPS) is 22.7. The number of amides is 2. The fraction of sp³-hybridized carbons (Fsp3) is 0.667. The number of carbonyl (C=O) groups is 2. The van der Waals surface area contributed by atoms with Crippen LogP contribution in [0.5, 0.6) is 11.5 Å². The third-order valence-electron chi connectivity index (χ3n) is 7.48. The minimum absolute atomic E-state index is 0.00173. The lowest BCUT2D eigenvalue weighted by atomic mass is 9.91. The van der Waals surface area contributed by atoms with Gasteiger partial charge in [0.2, 0.25) is 11.8 Å². The predicted molar refractivity (Wildman–Crippen MR) is 116 cm³/mol. The first kappa shape index (κ1) is 21.0. The summed E-state index contributed by atoms with van der Waals surface area (Å²) in [5.74, 6) is 2.50. The van der Waals surface area contributed by atoms with E-state index < -0.39 is 0 Å². The number of nitrogens with zero attached hydrogens (tertiary/aromatic N) is 1. The van der Waals surface area contributed by atoms with E-state index in [1.54, 1.807) is 32.4 Å². The Bertz CT molecular complexity index is 779. The van der Waals surface area contributed by atoms with Gasteiger partial charge in [0.05, 0.1) is 19.9 Å². The molecule has 0 bridgehead atoms. The van der Waals surface area contributed by atoms with Gasteiger partial charge in [0.15, 0.2) is 0 Å². The van der Waals surface area contributed by atoms with E-state index in [0.29, 0.717) is 46.8 Å². The van der Waals surface area contributed by atoms with Gasteiger partial charge in [-0.05, 0) is 62.0 Å². The van der Waals surface area contributed by atoms with Gasteiger partial charge in [-0.25, -0.2) is 0 Å². The fourth-order valence-electron chi connectivity index (χ4n) is 5.44. The van der Waals surface area contributed by atoms with Crippen molar-refractivity contribution in [2.75, 3.05) is 32.6 Å². The van der Waals surface area contributed by atoms with E-state index in [1.807, 2.05) is 0 Å². The summed E-state index contributed by atoms with van der Waals surface area (Å²) in [7, 11) is 3.18. The van der Waals surface area contributed by atoms with E-state index in [2.05, 4.69) is 10.2 Å². The van der Waals surface area contributed by atoms with Crippen molar-refractivity contribution in [3.8, 4) is 11.5 Å². The molecule has 0 aromatic heterocycles. The number of anilines is 1. The molecule has 1 heterocycles. The van der Waals surface area contributed by atoms with Crippen LogP contribution in [-0.4, -0.2) is 44.0 Å². The first-order chi connectivity index (χ1) is 14.5. The number of piperidine rings is 1. The first-order valence-corrected chi connectivity index (χ1v) is 11.4. The monoisotopic (exact) mass is 414 g/mol. The zero-order chi connectivity index (χ0) is 21.1. The number of nitrogens with one attached hydrogen (secondary N) is 1. The number of methoxy groups -OCH3 is 2. The molecule has 4 rings (SSSR count). The lowest BCUT2D eigenvalue weighted by Gasteiger charge is -2.32. The van der Waals surface area contributed by atoms with Gasteiger partial charge in [-0.15, -0.1) is 0 Å². The number of hydrogen-bond acceptors (Lipinski definition) is 4. The highest BCUT2D eigenvalue weighted by atomic mass is 16.5. The maximum Gasteiger partial charge on any atom is 0.226 e. The van der Waals surface area contributed by atoms with Crippen molar-refractivity contribution >= 4 is 17.5 Å². The van der Waals surface area contributed by atoms with Crippen LogP contribution in [0, 0.1) is 17.3 Å². The number of rotatable bonds is 7. The molecule has 1 aliphatic heterocycles. The summed E-state index contributed by atoms with van der Waals surface area (Å²) >= 11 is 0. The van der Waals surface area contributed by atoms with Crippen molar-refractivity contribution in [1.82, 2.24) is 4.90 Å². The van der Waals surface area contributed by atoms with Gasteiger partial charge in [-0.3, -0.25) is 9.59 Å². The van der Waals surface area contributed by atoms with Crippen molar-refractivity contribution in [2.45, 2.75) is 57.8 Å². The number of likely N-dealkylation sites (tertiary alicyclic amines) is 1. The van der Waals surface area contributed by atoms with Crippen LogP contribution in [0.4, 0.5) is 5.69 Å². The third-order valence-corrected chi connectivity index (χ3v) is 7.48. The molecule has 2 saturated carbocycles. The second kappa shape index (κ2) is 8.86. The lowest BCUT2D eigenvalue weighted by molar-refractivity contribution is -0.135. The van der Waals surface area contributed by atoms with Gasteiger partial charge in [0.1, 0.15) is 11.5 Å². The van der Waals surface area contributed by atoms with Crippen molar-refractivity contribution < 1.29 is 19.1 Å². The van der Waals surface area contributed by atoms with Crippen molar-refractivity contribution in [3.63, 3.8) is 0 Å². The molecule has 30 heavy (non-hydrogen) atoms. The maximum absolute atomic E-state index is 12.8. The van der Waals surface area contributed by atoms with Gasteiger partial charge in [0.25, 0.3) is 0 Å². The van der Waals surface area contributed by atoms with Crippen LogP contribution in [0.15, 0.2) is 18.2 Å². The highest BCUT2D eigenvalue weighted by Gasteiger charge is 2.59. The Labute approximate surface area is 179 Å². The summed E-state index contributed by atoms with van der Waals surface area (Å²) < 4.78 is 10.5. The minimum Gasteiger partial charge on any atom is -0.497 e. The highest BCUT2D eigenvalue weighted by Crippen LogP contribution is 2.63. The molecule has 3 fully saturated rings. The average molecular weight is 415 g/mol. The molecule has 1 saturated heterocycles. The molecule has 2 aliphatic carbocycles. The van der Waals surface area contributed by atoms with Crippen LogP contribution < -0.4 is 14.8 Å². The van der Waals surface area contributed by atoms with Gasteiger partial charge < -0.3 is 19.7 Å². The topological polar surface area (TPSA) is 67.9 Å². The summed E-state index contributed by atoms with van der Waals surface area (Å²) in [5, 5.41) is 2.95. The van der Waals surface area contributed by atoms with Gasteiger partial charge >= 0.3 is 0 Å². The average Bonchev–Trinajstić information content (AvgIpc) is 3.28. The van der Waals surface area contributed by atoms with Crippen LogP contribution in [0.2, 0.25) is 0 Å². The van der Waals surface area contributed by atoms with Crippen molar-refractivity contribution in [2.24, 2.45) is 17.3 Å². The zero-order valence-electron chi connectivity index (χ0n) is 18.2. The summed E-state index contributed by atoms with van der Waals surface area (Å²) in [6.45, 7) is 1.70. The molecule has 1 spiro atoms. The van der Waals surface area contributed by atoms with E-state index in [4.69, 9.17) is 9.47 Å². The Balaban J connectivity index is 1.19. The second-order valence-electron chi connectivity index (χ2n) is 9.25. The molecular formula is C24H34N2O4. The number of carbonyl (C=O) groups excluding carboxylic acids is 2. The number of benzene rings is 1. The smallest absolute Gasteiger partial charge is 0.226 e. The van der Waals surface area contributed by atoms with E-state index in [-0.39, 0.29) is 5.91 Å². The molecule has 1 atom stereocenters. The molecule has 1 aromatic rings. The Hall–Kier alpha value is -2.24. The summed E-state index contributed by atoms with van der Waals surface area (Å²) in [6, 6.07) is 5.37. The summed E-state index contributed by atoms with van der Waals surface area (Å²) in [6.07, 6.45) is 9.60. The lowest BCUT2D eigenvalue weighted by Crippen LogP contribution is -2.40. The van der Waals surface area contributed by atoms with Crippen LogP contribution in [0.1, 0.15) is 57.8 Å². The summed E-state index contributed by atoms with van der Waals surface area (Å²) in [5.41, 5.74) is 1.04. The zero-order valence-corrected chi connectivity index (χ0v) is 18.2. The molecule has 6 nitrogen and oxygen atoms in total. The molecule has 1 N–H and O–H groups in total. The van der Waals surface area contributed by atoms with E-state index in [1.165, 1.54) is 25.7 Å². The molecule has 3 aliphatic rings. The Morgan fingerprint density at radius 3 is 2.53 bits per heavy atom. The van der Waals surface area contributed by atoms with Gasteiger partial charge in [0, 0.05) is 31.5 Å². The largest absolute Gasteiger partial charge is 0.497 e. The van der Waals surface area contributed by atoms with E-state index in [0.717, 1.165) is 38.8 Å². The Kier molecular flexibility index (Phi) is 6.21. The van der Waals surface area contributed by atoms with Gasteiger partial charge in [-0.1, -0.05) is 12.8 Å². The molecule has 2 amide bonds. The van der Waals surface area contributed by atoms with E-state index >= 15 is 0 Å². The van der Waals surface area contributed by atoms with Crippen LogP contribution in [-0.2, 0) is 9.59 Å². The molecule has 164 valence electrons. The molecule has 1 aromatic carbocycles. The Morgan fingerprint density at radius 1 is 1.13 bits per heavy atom. The highest BCUT2D eigenvalue weighted by molar-refractivity contribution is 5.92.